The molecule has 4 nitrogen and oxygen atoms in total. The van der Waals surface area contributed by atoms with Gasteiger partial charge < -0.3 is 5.32 Å². The van der Waals surface area contributed by atoms with Crippen LogP contribution >= 0.6 is 11.6 Å². The molecule has 0 radical (unpaired) electrons. The maximum atomic E-state index is 11.3. The summed E-state index contributed by atoms with van der Waals surface area (Å²) in [4.78, 5) is 0. The molecule has 0 bridgehead atoms. The van der Waals surface area contributed by atoms with E-state index in [1.165, 1.54) is 19.3 Å². The lowest BCUT2D eigenvalue weighted by Gasteiger charge is -2.29. The summed E-state index contributed by atoms with van der Waals surface area (Å²) in [6.07, 6.45) is 7.15. The average molecular weight is 331 g/mol. The van der Waals surface area contributed by atoms with Gasteiger partial charge in [0, 0.05) is 6.04 Å². The number of halogens is 1. The molecule has 6 heteroatoms. The van der Waals surface area contributed by atoms with Crippen LogP contribution in [0.2, 0.25) is 5.02 Å². The highest BCUT2D eigenvalue weighted by atomic mass is 35.5. The SMILES string of the molecule is CCC1CCC(Nc2cc(NS(C)(=O)=O)ccc2Cl)CC1. The van der Waals surface area contributed by atoms with Crippen molar-refractivity contribution in [2.24, 2.45) is 5.92 Å². The summed E-state index contributed by atoms with van der Waals surface area (Å²) in [7, 11) is -3.27. The first-order chi connectivity index (χ1) is 9.87. The van der Waals surface area contributed by atoms with Crippen molar-refractivity contribution in [2.45, 2.75) is 45.1 Å². The number of hydrogen-bond donors (Lipinski definition) is 2. The maximum absolute atomic E-state index is 11.3. The molecule has 1 aromatic rings. The standard InChI is InChI=1S/C15H23ClN2O2S/c1-3-11-4-6-12(7-5-11)17-15-10-13(8-9-14(15)16)18-21(2,19)20/h8-12,17-18H,3-7H2,1-2H3. The van der Waals surface area contributed by atoms with Crippen LogP contribution < -0.4 is 10.0 Å². The van der Waals surface area contributed by atoms with Crippen molar-refractivity contribution in [3.63, 3.8) is 0 Å². The normalized spacial score (nSPS) is 22.8. The van der Waals surface area contributed by atoms with Crippen LogP contribution in [0.3, 0.4) is 0 Å². The highest BCUT2D eigenvalue weighted by Crippen LogP contribution is 2.32. The number of anilines is 2. The first kappa shape index (κ1) is 16.4. The Morgan fingerprint density at radius 1 is 1.24 bits per heavy atom. The maximum Gasteiger partial charge on any atom is 0.229 e. The highest BCUT2D eigenvalue weighted by molar-refractivity contribution is 7.92. The van der Waals surface area contributed by atoms with Crippen LogP contribution in [0.5, 0.6) is 0 Å². The highest BCUT2D eigenvalue weighted by Gasteiger charge is 2.20. The van der Waals surface area contributed by atoms with E-state index >= 15 is 0 Å². The zero-order valence-electron chi connectivity index (χ0n) is 12.5. The Balaban J connectivity index is 2.04. The second-order valence-corrected chi connectivity index (χ2v) is 7.99. The number of nitrogens with one attached hydrogen (secondary N) is 2. The fraction of sp³-hybridized carbons (Fsp3) is 0.600. The Bertz CT molecular complexity index is 581. The van der Waals surface area contributed by atoms with E-state index in [9.17, 15) is 8.42 Å². The van der Waals surface area contributed by atoms with E-state index in [1.807, 2.05) is 0 Å². The molecule has 2 N–H and O–H groups in total. The van der Waals surface area contributed by atoms with E-state index in [1.54, 1.807) is 18.2 Å². The van der Waals surface area contributed by atoms with Gasteiger partial charge in [0.05, 0.1) is 22.7 Å². The Kier molecular flexibility index (Phi) is 5.38. The van der Waals surface area contributed by atoms with Gasteiger partial charge in [-0.1, -0.05) is 24.9 Å². The zero-order chi connectivity index (χ0) is 15.5. The summed E-state index contributed by atoms with van der Waals surface area (Å²) in [5.74, 6) is 0.844. The summed E-state index contributed by atoms with van der Waals surface area (Å²) in [5, 5.41) is 4.07. The minimum absolute atomic E-state index is 0.416. The first-order valence-corrected chi connectivity index (χ1v) is 9.68. The van der Waals surface area contributed by atoms with Crippen LogP contribution in [0.1, 0.15) is 39.0 Å². The smallest absolute Gasteiger partial charge is 0.229 e. The predicted octanol–water partition coefficient (Wildman–Crippen LogP) is 4.09. The quantitative estimate of drug-likeness (QED) is 0.854. The van der Waals surface area contributed by atoms with Gasteiger partial charge in [-0.3, -0.25) is 4.72 Å². The number of hydrogen-bond acceptors (Lipinski definition) is 3. The van der Waals surface area contributed by atoms with Crippen LogP contribution in [0.4, 0.5) is 11.4 Å². The molecule has 1 saturated carbocycles. The topological polar surface area (TPSA) is 58.2 Å². The van der Waals surface area contributed by atoms with Gasteiger partial charge in [0.25, 0.3) is 0 Å². The van der Waals surface area contributed by atoms with Crippen molar-refractivity contribution in [3.05, 3.63) is 23.2 Å². The van der Waals surface area contributed by atoms with Gasteiger partial charge in [-0.2, -0.15) is 0 Å². The van der Waals surface area contributed by atoms with E-state index in [2.05, 4.69) is 17.0 Å². The Hall–Kier alpha value is -0.940. The monoisotopic (exact) mass is 330 g/mol. The predicted molar refractivity (Wildman–Crippen MR) is 89.6 cm³/mol. The third kappa shape index (κ3) is 5.08. The van der Waals surface area contributed by atoms with E-state index in [4.69, 9.17) is 11.6 Å². The molecular formula is C15H23ClN2O2S. The Labute approximate surface area is 132 Å². The summed E-state index contributed by atoms with van der Waals surface area (Å²) in [6, 6.07) is 5.56. The summed E-state index contributed by atoms with van der Waals surface area (Å²) in [6.45, 7) is 2.25. The van der Waals surface area contributed by atoms with E-state index in [-0.39, 0.29) is 0 Å². The van der Waals surface area contributed by atoms with Crippen LogP contribution in [-0.2, 0) is 10.0 Å². The molecule has 0 amide bonds. The van der Waals surface area contributed by atoms with Gasteiger partial charge in [0.15, 0.2) is 0 Å². The second kappa shape index (κ2) is 6.88. The molecule has 0 spiro atoms. The van der Waals surface area contributed by atoms with E-state index < -0.39 is 10.0 Å². The molecule has 0 aromatic heterocycles. The molecule has 21 heavy (non-hydrogen) atoms. The lowest BCUT2D eigenvalue weighted by atomic mass is 9.84. The number of rotatable bonds is 5. The lowest BCUT2D eigenvalue weighted by molar-refractivity contribution is 0.330. The summed E-state index contributed by atoms with van der Waals surface area (Å²) < 4.78 is 25.1. The van der Waals surface area contributed by atoms with Crippen LogP contribution in [0.25, 0.3) is 0 Å². The minimum atomic E-state index is -3.27. The molecule has 0 unspecified atom stereocenters. The van der Waals surface area contributed by atoms with Gasteiger partial charge in [-0.25, -0.2) is 8.42 Å². The van der Waals surface area contributed by atoms with Crippen molar-refractivity contribution >= 4 is 33.0 Å². The zero-order valence-corrected chi connectivity index (χ0v) is 14.1. The molecular weight excluding hydrogens is 308 g/mol. The molecule has 118 valence electrons. The van der Waals surface area contributed by atoms with Gasteiger partial charge in [-0.15, -0.1) is 0 Å². The largest absolute Gasteiger partial charge is 0.381 e. The first-order valence-electron chi connectivity index (χ1n) is 7.41. The van der Waals surface area contributed by atoms with Crippen molar-refractivity contribution in [1.29, 1.82) is 0 Å². The molecule has 1 fully saturated rings. The average Bonchev–Trinajstić information content (AvgIpc) is 2.42. The van der Waals surface area contributed by atoms with Gasteiger partial charge in [-0.05, 0) is 49.8 Å². The molecule has 1 aliphatic carbocycles. The molecule has 0 atom stereocenters. The fourth-order valence-corrected chi connectivity index (χ4v) is 3.58. The molecule has 1 aromatic carbocycles. The summed E-state index contributed by atoms with van der Waals surface area (Å²) in [5.41, 5.74) is 1.33. The third-order valence-electron chi connectivity index (χ3n) is 4.05. The Morgan fingerprint density at radius 2 is 1.90 bits per heavy atom. The van der Waals surface area contributed by atoms with Gasteiger partial charge in [0.2, 0.25) is 10.0 Å². The van der Waals surface area contributed by atoms with Crippen LogP contribution in [0, 0.1) is 5.92 Å². The lowest BCUT2D eigenvalue weighted by Crippen LogP contribution is -2.26. The van der Waals surface area contributed by atoms with Crippen molar-refractivity contribution in [3.8, 4) is 0 Å². The Morgan fingerprint density at radius 3 is 2.48 bits per heavy atom. The third-order valence-corrected chi connectivity index (χ3v) is 4.99. The van der Waals surface area contributed by atoms with Crippen molar-refractivity contribution in [2.75, 3.05) is 16.3 Å². The van der Waals surface area contributed by atoms with Crippen molar-refractivity contribution < 1.29 is 8.42 Å². The van der Waals surface area contributed by atoms with Gasteiger partial charge >= 0.3 is 0 Å². The van der Waals surface area contributed by atoms with E-state index in [0.717, 1.165) is 30.7 Å². The van der Waals surface area contributed by atoms with Gasteiger partial charge in [0.1, 0.15) is 0 Å². The summed E-state index contributed by atoms with van der Waals surface area (Å²) >= 11 is 6.20. The van der Waals surface area contributed by atoms with E-state index in [0.29, 0.717) is 16.8 Å². The molecule has 2 rings (SSSR count). The number of sulfonamides is 1. The minimum Gasteiger partial charge on any atom is -0.381 e. The van der Waals surface area contributed by atoms with Crippen molar-refractivity contribution in [1.82, 2.24) is 0 Å². The molecule has 1 aliphatic rings. The second-order valence-electron chi connectivity index (χ2n) is 5.84. The van der Waals surface area contributed by atoms with Crippen LogP contribution in [-0.4, -0.2) is 20.7 Å². The molecule has 0 aliphatic heterocycles. The molecule has 0 heterocycles. The number of benzene rings is 1. The molecule has 0 saturated heterocycles. The fourth-order valence-electron chi connectivity index (χ4n) is 2.85. The van der Waals surface area contributed by atoms with Crippen LogP contribution in [0.15, 0.2) is 18.2 Å².